The van der Waals surface area contributed by atoms with Crippen molar-refractivity contribution in [1.82, 2.24) is 10.2 Å². The maximum Gasteiger partial charge on any atom is 0.160 e. The lowest BCUT2D eigenvalue weighted by atomic mass is 9.87. The molecule has 0 aromatic heterocycles. The Labute approximate surface area is 179 Å². The summed E-state index contributed by atoms with van der Waals surface area (Å²) in [6.07, 6.45) is 4.54. The Morgan fingerprint density at radius 1 is 1.10 bits per heavy atom. The molecule has 2 saturated heterocycles. The van der Waals surface area contributed by atoms with Crippen molar-refractivity contribution in [3.8, 4) is 0 Å². The molecule has 158 valence electrons. The summed E-state index contributed by atoms with van der Waals surface area (Å²) in [5, 5.41) is 3.87. The maximum absolute atomic E-state index is 11.9. The average Bonchev–Trinajstić information content (AvgIpc) is 3.43. The van der Waals surface area contributed by atoms with E-state index >= 15 is 0 Å². The lowest BCUT2D eigenvalue weighted by Gasteiger charge is -2.39. The third-order valence-electron chi connectivity index (χ3n) is 7.23. The van der Waals surface area contributed by atoms with Crippen molar-refractivity contribution >= 4 is 5.78 Å². The van der Waals surface area contributed by atoms with Crippen molar-refractivity contribution < 1.29 is 9.53 Å². The highest BCUT2D eigenvalue weighted by molar-refractivity contribution is 5.95. The number of benzene rings is 2. The summed E-state index contributed by atoms with van der Waals surface area (Å²) in [6, 6.07) is 20.0. The molecule has 2 aromatic carbocycles. The van der Waals surface area contributed by atoms with Gasteiger partial charge in [0.1, 0.15) is 0 Å². The fourth-order valence-electron chi connectivity index (χ4n) is 5.41. The van der Waals surface area contributed by atoms with Crippen molar-refractivity contribution in [3.63, 3.8) is 0 Å². The maximum atomic E-state index is 11.9. The van der Waals surface area contributed by atoms with E-state index in [-0.39, 0.29) is 11.4 Å². The van der Waals surface area contributed by atoms with Crippen LogP contribution in [0.5, 0.6) is 0 Å². The fourth-order valence-corrected chi connectivity index (χ4v) is 5.41. The molecule has 0 bridgehead atoms. The van der Waals surface area contributed by atoms with E-state index in [1.807, 2.05) is 18.2 Å². The average molecular weight is 405 g/mol. The second-order valence-electron chi connectivity index (χ2n) is 9.41. The Bertz CT molecular complexity index is 889. The van der Waals surface area contributed by atoms with Gasteiger partial charge in [0.2, 0.25) is 0 Å². The molecular formula is C26H32N2O2. The highest BCUT2D eigenvalue weighted by atomic mass is 16.5. The van der Waals surface area contributed by atoms with E-state index in [0.717, 1.165) is 56.6 Å². The van der Waals surface area contributed by atoms with E-state index < -0.39 is 0 Å². The Hall–Kier alpha value is -2.01. The van der Waals surface area contributed by atoms with Gasteiger partial charge in [0, 0.05) is 43.2 Å². The summed E-state index contributed by atoms with van der Waals surface area (Å²) >= 11 is 0. The van der Waals surface area contributed by atoms with Crippen LogP contribution >= 0.6 is 0 Å². The van der Waals surface area contributed by atoms with Gasteiger partial charge in [-0.1, -0.05) is 54.6 Å². The molecule has 2 heterocycles. The largest absolute Gasteiger partial charge is 0.373 e. The van der Waals surface area contributed by atoms with Crippen LogP contribution in [0.3, 0.4) is 0 Å². The van der Waals surface area contributed by atoms with Gasteiger partial charge in [0.15, 0.2) is 5.78 Å². The van der Waals surface area contributed by atoms with Crippen LogP contribution in [-0.2, 0) is 11.3 Å². The third kappa shape index (κ3) is 4.22. The van der Waals surface area contributed by atoms with Crippen molar-refractivity contribution in [2.45, 2.75) is 62.8 Å². The zero-order valence-corrected chi connectivity index (χ0v) is 17.8. The number of Topliss-reactive ketones (excluding diaryl/α,β-unsaturated/α-hetero) is 1. The number of piperidine rings is 1. The molecule has 3 fully saturated rings. The summed E-state index contributed by atoms with van der Waals surface area (Å²) in [4.78, 5) is 14.4. The normalized spacial score (nSPS) is 28.0. The van der Waals surface area contributed by atoms with Gasteiger partial charge < -0.3 is 10.1 Å². The molecule has 4 heteroatoms. The second kappa shape index (κ2) is 8.26. The van der Waals surface area contributed by atoms with Crippen molar-refractivity contribution in [2.75, 3.05) is 19.7 Å². The minimum Gasteiger partial charge on any atom is -0.373 e. The Morgan fingerprint density at radius 3 is 2.60 bits per heavy atom. The standard InChI is InChI=1S/C26H32N2O2/c1-19(29)23-10-6-5-9-21(23)17-28-13-11-26(12-14-28)16-22(18-30-26)27-25-15-24(25)20-7-3-2-4-8-20/h2-10,22,24-25,27H,11-18H2,1H3/t22?,24-,25+/m0/s1. The molecule has 0 radical (unpaired) electrons. The zero-order valence-electron chi connectivity index (χ0n) is 17.8. The predicted octanol–water partition coefficient (Wildman–Crippen LogP) is 4.16. The molecule has 0 amide bonds. The quantitative estimate of drug-likeness (QED) is 0.734. The van der Waals surface area contributed by atoms with E-state index in [2.05, 4.69) is 46.6 Å². The monoisotopic (exact) mass is 404 g/mol. The minimum absolute atomic E-state index is 0.0470. The predicted molar refractivity (Wildman–Crippen MR) is 119 cm³/mol. The van der Waals surface area contributed by atoms with Crippen LogP contribution in [0.15, 0.2) is 54.6 Å². The van der Waals surface area contributed by atoms with Gasteiger partial charge in [-0.15, -0.1) is 0 Å². The SMILES string of the molecule is CC(=O)c1ccccc1CN1CCC2(CC1)CC(N[C@@H]1C[C@H]1c1ccccc1)CO2. The molecule has 5 rings (SSSR count). The number of hydrogen-bond acceptors (Lipinski definition) is 4. The van der Waals surface area contributed by atoms with E-state index in [1.54, 1.807) is 6.92 Å². The zero-order chi connectivity index (χ0) is 20.6. The smallest absolute Gasteiger partial charge is 0.160 e. The molecule has 2 aromatic rings. The summed E-state index contributed by atoms with van der Waals surface area (Å²) in [7, 11) is 0. The van der Waals surface area contributed by atoms with Gasteiger partial charge in [-0.2, -0.15) is 0 Å². The van der Waals surface area contributed by atoms with Gasteiger partial charge in [-0.05, 0) is 43.7 Å². The van der Waals surface area contributed by atoms with Gasteiger partial charge in [0.25, 0.3) is 0 Å². The third-order valence-corrected chi connectivity index (χ3v) is 7.23. The van der Waals surface area contributed by atoms with Crippen LogP contribution in [0.2, 0.25) is 0 Å². The van der Waals surface area contributed by atoms with Crippen LogP contribution in [0.1, 0.15) is 60.0 Å². The number of ether oxygens (including phenoxy) is 1. The molecule has 1 aliphatic carbocycles. The summed E-state index contributed by atoms with van der Waals surface area (Å²) in [5.74, 6) is 0.826. The van der Waals surface area contributed by atoms with Crippen molar-refractivity contribution in [3.05, 3.63) is 71.3 Å². The molecule has 3 aliphatic rings. The highest BCUT2D eigenvalue weighted by Crippen LogP contribution is 2.43. The number of nitrogens with one attached hydrogen (secondary N) is 1. The topological polar surface area (TPSA) is 41.6 Å². The summed E-state index contributed by atoms with van der Waals surface area (Å²) in [6.45, 7) is 5.43. The fraction of sp³-hybridized carbons (Fsp3) is 0.500. The number of hydrogen-bond donors (Lipinski definition) is 1. The molecule has 4 nitrogen and oxygen atoms in total. The number of likely N-dealkylation sites (tertiary alicyclic amines) is 1. The van der Waals surface area contributed by atoms with Crippen LogP contribution in [0.25, 0.3) is 0 Å². The van der Waals surface area contributed by atoms with E-state index in [9.17, 15) is 4.79 Å². The Balaban J connectivity index is 1.12. The Kier molecular flexibility index (Phi) is 5.48. The number of ketones is 1. The Morgan fingerprint density at radius 2 is 1.83 bits per heavy atom. The molecule has 1 spiro atoms. The number of rotatable bonds is 6. The van der Waals surface area contributed by atoms with Crippen molar-refractivity contribution in [1.29, 1.82) is 0 Å². The van der Waals surface area contributed by atoms with Gasteiger partial charge >= 0.3 is 0 Å². The van der Waals surface area contributed by atoms with E-state index in [4.69, 9.17) is 4.74 Å². The molecule has 2 aliphatic heterocycles. The summed E-state index contributed by atoms with van der Waals surface area (Å²) < 4.78 is 6.38. The van der Waals surface area contributed by atoms with Gasteiger partial charge in [0.05, 0.1) is 12.2 Å². The first-order valence-corrected chi connectivity index (χ1v) is 11.4. The first-order chi connectivity index (χ1) is 14.6. The molecule has 30 heavy (non-hydrogen) atoms. The molecule has 1 N–H and O–H groups in total. The number of carbonyl (C=O) groups is 1. The molecule has 3 atom stereocenters. The highest BCUT2D eigenvalue weighted by Gasteiger charge is 2.46. The van der Waals surface area contributed by atoms with Gasteiger partial charge in [-0.3, -0.25) is 9.69 Å². The van der Waals surface area contributed by atoms with E-state index in [1.165, 1.54) is 12.0 Å². The first kappa shape index (κ1) is 19.9. The van der Waals surface area contributed by atoms with Crippen LogP contribution in [0.4, 0.5) is 0 Å². The molecular weight excluding hydrogens is 372 g/mol. The number of carbonyl (C=O) groups excluding carboxylic acids is 1. The first-order valence-electron chi connectivity index (χ1n) is 11.4. The van der Waals surface area contributed by atoms with Crippen LogP contribution in [0, 0.1) is 0 Å². The number of nitrogens with zero attached hydrogens (tertiary/aromatic N) is 1. The van der Waals surface area contributed by atoms with Gasteiger partial charge in [-0.25, -0.2) is 0 Å². The molecule has 1 unspecified atom stereocenters. The van der Waals surface area contributed by atoms with E-state index in [0.29, 0.717) is 18.0 Å². The summed E-state index contributed by atoms with van der Waals surface area (Å²) in [5.41, 5.74) is 3.51. The lowest BCUT2D eigenvalue weighted by molar-refractivity contribution is -0.0449. The van der Waals surface area contributed by atoms with Crippen molar-refractivity contribution in [2.24, 2.45) is 0 Å². The minimum atomic E-state index is 0.0470. The molecule has 1 saturated carbocycles. The van der Waals surface area contributed by atoms with Crippen LogP contribution < -0.4 is 5.32 Å². The second-order valence-corrected chi connectivity index (χ2v) is 9.41. The lowest BCUT2D eigenvalue weighted by Crippen LogP contribution is -2.44. The van der Waals surface area contributed by atoms with Crippen LogP contribution in [-0.4, -0.2) is 48.1 Å².